The van der Waals surface area contributed by atoms with Crippen molar-refractivity contribution in [2.45, 2.75) is 39.5 Å². The van der Waals surface area contributed by atoms with Gasteiger partial charge >= 0.3 is 0 Å². The number of nitrogens with zero attached hydrogens (tertiary/aromatic N) is 2. The minimum Gasteiger partial charge on any atom is -0.369 e. The van der Waals surface area contributed by atoms with E-state index < -0.39 is 0 Å². The first-order valence-corrected chi connectivity index (χ1v) is 9.24. The Hall–Kier alpha value is -2.20. The van der Waals surface area contributed by atoms with Crippen molar-refractivity contribution in [1.29, 1.82) is 0 Å². The van der Waals surface area contributed by atoms with Crippen LogP contribution >= 0.6 is 0 Å². The summed E-state index contributed by atoms with van der Waals surface area (Å²) in [4.78, 5) is 9.54. The van der Waals surface area contributed by atoms with Crippen LogP contribution in [0, 0.1) is 0 Å². The van der Waals surface area contributed by atoms with Gasteiger partial charge in [0.1, 0.15) is 11.6 Å². The normalized spacial score (nSPS) is 12.2. The van der Waals surface area contributed by atoms with Crippen molar-refractivity contribution >= 4 is 16.7 Å². The Balaban J connectivity index is 2.15. The molecule has 0 aliphatic carbocycles. The van der Waals surface area contributed by atoms with Gasteiger partial charge in [0, 0.05) is 18.4 Å². The Morgan fingerprint density at radius 2 is 2.00 bits per heavy atom. The van der Waals surface area contributed by atoms with Crippen molar-refractivity contribution in [1.82, 2.24) is 15.3 Å². The Bertz CT molecular complexity index is 719. The molecule has 0 saturated carbocycles. The first kappa shape index (κ1) is 19.1. The molecule has 0 atom stereocenters. The van der Waals surface area contributed by atoms with Crippen molar-refractivity contribution < 1.29 is 0 Å². The molecule has 1 aromatic carbocycles. The Morgan fingerprint density at radius 1 is 1.16 bits per heavy atom. The summed E-state index contributed by atoms with van der Waals surface area (Å²) < 4.78 is 0. The van der Waals surface area contributed by atoms with Crippen LogP contribution in [0.1, 0.15) is 38.9 Å². The molecule has 2 N–H and O–H groups in total. The van der Waals surface area contributed by atoms with E-state index >= 15 is 0 Å². The third kappa shape index (κ3) is 5.98. The van der Waals surface area contributed by atoms with Gasteiger partial charge in [-0.3, -0.25) is 0 Å². The van der Waals surface area contributed by atoms with Gasteiger partial charge < -0.3 is 10.6 Å². The summed E-state index contributed by atoms with van der Waals surface area (Å²) in [5, 5.41) is 7.74. The van der Waals surface area contributed by atoms with E-state index in [1.165, 1.54) is 5.57 Å². The monoisotopic (exact) mass is 338 g/mol. The van der Waals surface area contributed by atoms with E-state index in [0.717, 1.165) is 61.3 Å². The van der Waals surface area contributed by atoms with E-state index in [1.807, 2.05) is 19.2 Å². The molecule has 0 aliphatic rings. The molecule has 0 fully saturated rings. The minimum absolute atomic E-state index is 0.851. The summed E-state index contributed by atoms with van der Waals surface area (Å²) in [5.41, 5.74) is 2.34. The smallest absolute Gasteiger partial charge is 0.137 e. The number of allylic oxidation sites excluding steroid dienone is 4. The molecule has 0 amide bonds. The van der Waals surface area contributed by atoms with Crippen molar-refractivity contribution in [3.05, 3.63) is 53.9 Å². The molecule has 0 unspecified atom stereocenters. The van der Waals surface area contributed by atoms with Crippen molar-refractivity contribution in [3.8, 4) is 0 Å². The van der Waals surface area contributed by atoms with Gasteiger partial charge in [-0.2, -0.15) is 0 Å². The molecule has 134 valence electrons. The third-order valence-corrected chi connectivity index (χ3v) is 4.12. The fraction of sp³-hybridized carbons (Fsp3) is 0.429. The van der Waals surface area contributed by atoms with Gasteiger partial charge in [-0.15, -0.1) is 0 Å². The second-order valence-corrected chi connectivity index (χ2v) is 6.06. The van der Waals surface area contributed by atoms with Crippen molar-refractivity contribution in [2.24, 2.45) is 0 Å². The second-order valence-electron chi connectivity index (χ2n) is 6.06. The van der Waals surface area contributed by atoms with Crippen molar-refractivity contribution in [3.63, 3.8) is 0 Å². The van der Waals surface area contributed by atoms with Crippen LogP contribution in [0.3, 0.4) is 0 Å². The van der Waals surface area contributed by atoms with Gasteiger partial charge in [0.2, 0.25) is 0 Å². The molecule has 0 saturated heterocycles. The average molecular weight is 338 g/mol. The summed E-state index contributed by atoms with van der Waals surface area (Å²) in [6.45, 7) is 6.14. The number of benzene rings is 1. The van der Waals surface area contributed by atoms with Crippen LogP contribution in [0.5, 0.6) is 0 Å². The first-order valence-electron chi connectivity index (χ1n) is 9.24. The van der Waals surface area contributed by atoms with Crippen LogP contribution in [0.2, 0.25) is 0 Å². The molecular weight excluding hydrogens is 308 g/mol. The lowest BCUT2D eigenvalue weighted by atomic mass is 10.1. The Morgan fingerprint density at radius 3 is 2.76 bits per heavy atom. The third-order valence-electron chi connectivity index (χ3n) is 4.12. The molecule has 2 aromatic rings. The van der Waals surface area contributed by atoms with E-state index in [9.17, 15) is 0 Å². The molecule has 1 heterocycles. The zero-order valence-electron chi connectivity index (χ0n) is 15.7. The molecule has 4 heteroatoms. The van der Waals surface area contributed by atoms with Gasteiger partial charge in [0.05, 0.1) is 5.52 Å². The lowest BCUT2D eigenvalue weighted by Gasteiger charge is -2.11. The highest BCUT2D eigenvalue weighted by Crippen LogP contribution is 2.21. The Kier molecular flexibility index (Phi) is 8.13. The predicted octanol–water partition coefficient (Wildman–Crippen LogP) is 4.50. The number of nitrogens with one attached hydrogen (secondary N) is 2. The number of aromatic nitrogens is 2. The maximum absolute atomic E-state index is 4.79. The molecule has 0 aliphatic heterocycles. The first-order chi connectivity index (χ1) is 12.3. The number of fused-ring (bicyclic) bond motifs is 1. The van der Waals surface area contributed by atoms with E-state index in [0.29, 0.717) is 0 Å². The largest absolute Gasteiger partial charge is 0.369 e. The van der Waals surface area contributed by atoms with Crippen LogP contribution in [0.25, 0.3) is 10.9 Å². The molecule has 4 nitrogen and oxygen atoms in total. The van der Waals surface area contributed by atoms with Crippen LogP contribution in [0.4, 0.5) is 5.82 Å². The van der Waals surface area contributed by atoms with Gasteiger partial charge in [-0.25, -0.2) is 9.97 Å². The number of para-hydroxylation sites is 1. The number of anilines is 1. The number of hydrogen-bond acceptors (Lipinski definition) is 4. The summed E-state index contributed by atoms with van der Waals surface area (Å²) >= 11 is 0. The minimum atomic E-state index is 0.851. The maximum Gasteiger partial charge on any atom is 0.137 e. The van der Waals surface area contributed by atoms with Gasteiger partial charge in [0.15, 0.2) is 0 Å². The van der Waals surface area contributed by atoms with Crippen LogP contribution in [0.15, 0.2) is 48.1 Å². The standard InChI is InChI=1S/C21H30N4/c1-4-6-10-17(5-2)13-14-20-24-19-12-8-7-11-18(19)21(25-20)23-16-9-15-22-3/h5-8,10-12,22H,4,9,13-16H2,1-3H3,(H,23,24,25)/b10-6-,17-5+. The lowest BCUT2D eigenvalue weighted by molar-refractivity contribution is 0.746. The molecule has 0 radical (unpaired) electrons. The molecule has 2 rings (SSSR count). The van der Waals surface area contributed by atoms with E-state index in [-0.39, 0.29) is 0 Å². The van der Waals surface area contributed by atoms with Crippen molar-refractivity contribution in [2.75, 3.05) is 25.5 Å². The van der Waals surface area contributed by atoms with Gasteiger partial charge in [-0.05, 0) is 51.9 Å². The zero-order chi connectivity index (χ0) is 17.9. The highest BCUT2D eigenvalue weighted by atomic mass is 15.0. The van der Waals surface area contributed by atoms with Gasteiger partial charge in [0.25, 0.3) is 0 Å². The van der Waals surface area contributed by atoms with Crippen LogP contribution in [-0.2, 0) is 6.42 Å². The topological polar surface area (TPSA) is 49.8 Å². The van der Waals surface area contributed by atoms with E-state index in [2.05, 4.69) is 54.8 Å². The highest BCUT2D eigenvalue weighted by molar-refractivity contribution is 5.88. The Labute approximate surface area is 151 Å². The quantitative estimate of drug-likeness (QED) is 0.495. The SMILES string of the molecule is C/C=C(\C=C/CC)CCc1nc(NCCCNC)c2ccccc2n1. The average Bonchev–Trinajstić information content (AvgIpc) is 2.65. The molecule has 25 heavy (non-hydrogen) atoms. The van der Waals surface area contributed by atoms with E-state index in [1.54, 1.807) is 0 Å². The molecule has 0 spiro atoms. The number of aryl methyl sites for hydroxylation is 1. The number of hydrogen-bond donors (Lipinski definition) is 2. The summed E-state index contributed by atoms with van der Waals surface area (Å²) in [7, 11) is 1.98. The second kappa shape index (κ2) is 10.6. The van der Waals surface area contributed by atoms with Crippen LogP contribution in [-0.4, -0.2) is 30.1 Å². The predicted molar refractivity (Wildman–Crippen MR) is 108 cm³/mol. The van der Waals surface area contributed by atoms with Gasteiger partial charge in [-0.1, -0.05) is 42.9 Å². The van der Waals surface area contributed by atoms with E-state index in [4.69, 9.17) is 9.97 Å². The molecule has 0 bridgehead atoms. The highest BCUT2D eigenvalue weighted by Gasteiger charge is 2.07. The maximum atomic E-state index is 4.79. The zero-order valence-corrected chi connectivity index (χ0v) is 15.7. The number of rotatable bonds is 10. The fourth-order valence-electron chi connectivity index (χ4n) is 2.69. The summed E-state index contributed by atoms with van der Waals surface area (Å²) in [6.07, 6.45) is 10.5. The molecular formula is C21H30N4. The van der Waals surface area contributed by atoms with Crippen LogP contribution < -0.4 is 10.6 Å². The summed E-state index contributed by atoms with van der Waals surface area (Å²) in [6, 6.07) is 8.22. The summed E-state index contributed by atoms with van der Waals surface area (Å²) in [5.74, 6) is 1.85. The fourth-order valence-corrected chi connectivity index (χ4v) is 2.69. The lowest BCUT2D eigenvalue weighted by Crippen LogP contribution is -2.14. The molecule has 1 aromatic heterocycles.